The van der Waals surface area contributed by atoms with Crippen molar-refractivity contribution in [2.24, 2.45) is 5.92 Å². The van der Waals surface area contributed by atoms with E-state index in [1.807, 2.05) is 31.2 Å². The van der Waals surface area contributed by atoms with Gasteiger partial charge in [0.25, 0.3) is 0 Å². The second-order valence-electron chi connectivity index (χ2n) is 4.89. The molecule has 2 atom stereocenters. The van der Waals surface area contributed by atoms with Gasteiger partial charge in [-0.25, -0.2) is 0 Å². The van der Waals surface area contributed by atoms with E-state index in [1.54, 1.807) is 0 Å². The maximum absolute atomic E-state index is 11.7. The Hall–Kier alpha value is -1.04. The molecule has 0 spiro atoms. The van der Waals surface area contributed by atoms with E-state index in [0.29, 0.717) is 18.8 Å². The molecule has 19 heavy (non-hydrogen) atoms. The number of benzene rings is 1. The molecule has 2 unspecified atom stereocenters. The van der Waals surface area contributed by atoms with Gasteiger partial charge in [-0.3, -0.25) is 4.79 Å². The van der Waals surface area contributed by atoms with Gasteiger partial charge in [0.15, 0.2) is 0 Å². The molecule has 5 heteroatoms. The molecule has 1 aromatic rings. The number of aliphatic hydroxyl groups is 1. The Morgan fingerprint density at radius 3 is 2.79 bits per heavy atom. The summed E-state index contributed by atoms with van der Waals surface area (Å²) in [7, 11) is 0. The zero-order valence-electron chi connectivity index (χ0n) is 11.1. The second kappa shape index (κ2) is 6.93. The maximum Gasteiger partial charge on any atom is 0.230 e. The number of carbonyl (C=O) groups is 1. The van der Waals surface area contributed by atoms with Gasteiger partial charge in [-0.05, 0) is 19.1 Å². The molecule has 4 nitrogen and oxygen atoms in total. The lowest BCUT2D eigenvalue weighted by Gasteiger charge is -2.13. The zero-order valence-corrected chi connectivity index (χ0v) is 11.9. The Kier molecular flexibility index (Phi) is 5.24. The molecule has 1 saturated heterocycles. The number of nitrogens with one attached hydrogen (secondary N) is 2. The highest BCUT2D eigenvalue weighted by atomic mass is 32.2. The van der Waals surface area contributed by atoms with Crippen LogP contribution in [-0.4, -0.2) is 42.5 Å². The Bertz CT molecular complexity index is 422. The number of thioether (sulfide) groups is 1. The molecule has 1 aliphatic heterocycles. The highest BCUT2D eigenvalue weighted by molar-refractivity contribution is 8.00. The minimum atomic E-state index is -0.343. The fourth-order valence-corrected chi connectivity index (χ4v) is 2.74. The van der Waals surface area contributed by atoms with Crippen LogP contribution in [0.25, 0.3) is 0 Å². The van der Waals surface area contributed by atoms with E-state index in [0.717, 1.165) is 11.4 Å². The summed E-state index contributed by atoms with van der Waals surface area (Å²) in [6.45, 7) is 3.98. The van der Waals surface area contributed by atoms with Crippen molar-refractivity contribution >= 4 is 17.7 Å². The van der Waals surface area contributed by atoms with Crippen molar-refractivity contribution in [2.45, 2.75) is 17.9 Å². The van der Waals surface area contributed by atoms with Gasteiger partial charge < -0.3 is 15.7 Å². The maximum atomic E-state index is 11.7. The number of β-amino-alcohol motifs (C(OH)–C–C–N with tert-alkyl or cyclic N) is 1. The highest BCUT2D eigenvalue weighted by Crippen LogP contribution is 2.17. The molecular formula is C14H20N2O2S. The number of rotatable bonds is 5. The summed E-state index contributed by atoms with van der Waals surface area (Å²) < 4.78 is 0. The lowest BCUT2D eigenvalue weighted by atomic mass is 10.1. The summed E-state index contributed by atoms with van der Waals surface area (Å²) in [6, 6.07) is 8.14. The van der Waals surface area contributed by atoms with E-state index in [9.17, 15) is 9.90 Å². The number of hydrogen-bond donors (Lipinski definition) is 3. The number of hydrogen-bond acceptors (Lipinski definition) is 4. The van der Waals surface area contributed by atoms with Crippen LogP contribution in [0.1, 0.15) is 5.56 Å². The van der Waals surface area contributed by atoms with E-state index in [1.165, 1.54) is 17.3 Å². The Morgan fingerprint density at radius 2 is 2.16 bits per heavy atom. The number of aryl methyl sites for hydroxylation is 1. The molecule has 1 amide bonds. The first kappa shape index (κ1) is 14.4. The number of amides is 1. The van der Waals surface area contributed by atoms with Gasteiger partial charge in [-0.15, -0.1) is 11.8 Å². The van der Waals surface area contributed by atoms with Crippen molar-refractivity contribution in [2.75, 3.05) is 25.4 Å². The summed E-state index contributed by atoms with van der Waals surface area (Å²) >= 11 is 1.53. The van der Waals surface area contributed by atoms with Gasteiger partial charge in [0.2, 0.25) is 5.91 Å². The molecule has 3 N–H and O–H groups in total. The van der Waals surface area contributed by atoms with Crippen LogP contribution in [0.4, 0.5) is 0 Å². The second-order valence-corrected chi connectivity index (χ2v) is 5.94. The van der Waals surface area contributed by atoms with Gasteiger partial charge in [-0.2, -0.15) is 0 Å². The van der Waals surface area contributed by atoms with Crippen molar-refractivity contribution in [1.82, 2.24) is 10.6 Å². The van der Waals surface area contributed by atoms with Crippen LogP contribution >= 0.6 is 11.8 Å². The van der Waals surface area contributed by atoms with Crippen molar-refractivity contribution < 1.29 is 9.90 Å². The van der Waals surface area contributed by atoms with Crippen molar-refractivity contribution in [1.29, 1.82) is 0 Å². The topological polar surface area (TPSA) is 61.4 Å². The highest BCUT2D eigenvalue weighted by Gasteiger charge is 2.24. The van der Waals surface area contributed by atoms with E-state index in [2.05, 4.69) is 10.6 Å². The van der Waals surface area contributed by atoms with E-state index in [-0.39, 0.29) is 17.9 Å². The molecular weight excluding hydrogens is 260 g/mol. The van der Waals surface area contributed by atoms with Crippen LogP contribution < -0.4 is 10.6 Å². The molecule has 0 aromatic heterocycles. The third-order valence-electron chi connectivity index (χ3n) is 3.26. The third kappa shape index (κ3) is 4.53. The fraction of sp³-hybridized carbons (Fsp3) is 0.500. The van der Waals surface area contributed by atoms with Crippen LogP contribution in [0.2, 0.25) is 0 Å². The van der Waals surface area contributed by atoms with Crippen molar-refractivity contribution in [3.05, 3.63) is 29.8 Å². The average molecular weight is 280 g/mol. The van der Waals surface area contributed by atoms with Crippen molar-refractivity contribution in [3.63, 3.8) is 0 Å². The van der Waals surface area contributed by atoms with Gasteiger partial charge in [-0.1, -0.05) is 17.7 Å². The summed E-state index contributed by atoms with van der Waals surface area (Å²) in [5, 5.41) is 15.6. The normalized spacial score (nSPS) is 22.4. The minimum Gasteiger partial charge on any atom is -0.391 e. The molecule has 1 fully saturated rings. The quantitative estimate of drug-likeness (QED) is 0.698. The first-order valence-electron chi connectivity index (χ1n) is 6.50. The standard InChI is InChI=1S/C14H20N2O2S/c1-10-2-4-12(5-3-10)19-9-14(18)16-7-11-6-15-8-13(11)17/h2-5,11,13,15,17H,6-9H2,1H3,(H,16,18). The molecule has 1 heterocycles. The number of carbonyl (C=O) groups excluding carboxylic acids is 1. The van der Waals surface area contributed by atoms with Gasteiger partial charge >= 0.3 is 0 Å². The Labute approximate surface area is 118 Å². The molecule has 0 aliphatic carbocycles. The van der Waals surface area contributed by atoms with E-state index < -0.39 is 0 Å². The van der Waals surface area contributed by atoms with Crippen LogP contribution in [0.5, 0.6) is 0 Å². The van der Waals surface area contributed by atoms with Crippen LogP contribution in [-0.2, 0) is 4.79 Å². The first-order chi connectivity index (χ1) is 9.15. The molecule has 1 aliphatic rings. The third-order valence-corrected chi connectivity index (χ3v) is 4.27. The molecule has 0 bridgehead atoms. The van der Waals surface area contributed by atoms with Gasteiger partial charge in [0, 0.05) is 30.4 Å². The smallest absolute Gasteiger partial charge is 0.230 e. The Morgan fingerprint density at radius 1 is 1.42 bits per heavy atom. The van der Waals surface area contributed by atoms with Crippen molar-refractivity contribution in [3.8, 4) is 0 Å². The SMILES string of the molecule is Cc1ccc(SCC(=O)NCC2CNCC2O)cc1. The van der Waals surface area contributed by atoms with E-state index in [4.69, 9.17) is 0 Å². The van der Waals surface area contributed by atoms with Gasteiger partial charge in [0.1, 0.15) is 0 Å². The van der Waals surface area contributed by atoms with E-state index >= 15 is 0 Å². The summed E-state index contributed by atoms with van der Waals surface area (Å²) in [6.07, 6.45) is -0.343. The Balaban J connectivity index is 1.68. The molecule has 0 saturated carbocycles. The molecule has 0 radical (unpaired) electrons. The monoisotopic (exact) mass is 280 g/mol. The largest absolute Gasteiger partial charge is 0.391 e. The van der Waals surface area contributed by atoms with Crippen LogP contribution in [0.15, 0.2) is 29.2 Å². The molecule has 2 rings (SSSR count). The zero-order chi connectivity index (χ0) is 13.7. The van der Waals surface area contributed by atoms with Gasteiger partial charge in [0.05, 0.1) is 11.9 Å². The van der Waals surface area contributed by atoms with Crippen LogP contribution in [0.3, 0.4) is 0 Å². The summed E-state index contributed by atoms with van der Waals surface area (Å²) in [5.74, 6) is 0.567. The lowest BCUT2D eigenvalue weighted by Crippen LogP contribution is -2.35. The molecule has 104 valence electrons. The predicted molar refractivity (Wildman–Crippen MR) is 77.3 cm³/mol. The first-order valence-corrected chi connectivity index (χ1v) is 7.48. The molecule has 1 aromatic carbocycles. The minimum absolute atomic E-state index is 0.0182. The predicted octanol–water partition coefficient (Wildman–Crippen LogP) is 0.784. The lowest BCUT2D eigenvalue weighted by molar-refractivity contribution is -0.118. The summed E-state index contributed by atoms with van der Waals surface area (Å²) in [5.41, 5.74) is 1.22. The fourth-order valence-electron chi connectivity index (χ4n) is 2.01. The van der Waals surface area contributed by atoms with Crippen LogP contribution in [0, 0.1) is 12.8 Å². The summed E-state index contributed by atoms with van der Waals surface area (Å²) in [4.78, 5) is 12.8. The average Bonchev–Trinajstić information content (AvgIpc) is 2.81. The number of aliphatic hydroxyl groups excluding tert-OH is 1.